The Morgan fingerprint density at radius 1 is 1.24 bits per heavy atom. The van der Waals surface area contributed by atoms with Crippen molar-refractivity contribution in [3.63, 3.8) is 0 Å². The summed E-state index contributed by atoms with van der Waals surface area (Å²) in [5.41, 5.74) is 6.76. The van der Waals surface area contributed by atoms with E-state index >= 15 is 0 Å². The first-order valence-electron chi connectivity index (χ1n) is 7.35. The molecule has 0 saturated carbocycles. The molecule has 0 radical (unpaired) electrons. The van der Waals surface area contributed by atoms with E-state index in [1.165, 1.54) is 34.7 Å². The van der Waals surface area contributed by atoms with Crippen molar-refractivity contribution in [2.24, 2.45) is 0 Å². The first kappa shape index (κ1) is 18.3. The van der Waals surface area contributed by atoms with Gasteiger partial charge >= 0.3 is 5.97 Å². The predicted octanol–water partition coefficient (Wildman–Crippen LogP) is 3.48. The molecule has 0 saturated heterocycles. The number of thiophene rings is 2. The topological polar surface area (TPSA) is 79.5 Å². The molecule has 3 rings (SSSR count). The molecule has 0 bridgehead atoms. The maximum Gasteiger partial charge on any atom is 0.341 e. The van der Waals surface area contributed by atoms with Gasteiger partial charge in [0.15, 0.2) is 5.11 Å². The Labute approximate surface area is 166 Å². The quantitative estimate of drug-likeness (QED) is 0.370. The molecule has 2 heterocycles. The van der Waals surface area contributed by atoms with Gasteiger partial charge in [-0.1, -0.05) is 0 Å². The summed E-state index contributed by atoms with van der Waals surface area (Å²) in [6.07, 6.45) is 2.86. The van der Waals surface area contributed by atoms with Gasteiger partial charge in [0.1, 0.15) is 5.00 Å². The molecule has 0 unspecified atom stereocenters. The van der Waals surface area contributed by atoms with Crippen molar-refractivity contribution in [2.45, 2.75) is 19.3 Å². The van der Waals surface area contributed by atoms with Gasteiger partial charge in [0, 0.05) is 4.88 Å². The zero-order chi connectivity index (χ0) is 18.0. The zero-order valence-corrected chi connectivity index (χ0v) is 17.1. The standard InChI is InChI=1S/C15H14BrN3O3S3/c1-22-14(21)11-7-3-2-4-8(7)25-13(11)17-15(23)19-18-12(20)9-5-6-10(16)24-9/h5-6H,2-4H2,1H3,(H,18,20)(H2,17,19,23). The normalized spacial score (nSPS) is 12.4. The molecule has 3 N–H and O–H groups in total. The van der Waals surface area contributed by atoms with Crippen molar-refractivity contribution >= 4 is 72.8 Å². The summed E-state index contributed by atoms with van der Waals surface area (Å²) >= 11 is 11.3. The zero-order valence-electron chi connectivity index (χ0n) is 13.1. The maximum atomic E-state index is 12.1. The highest BCUT2D eigenvalue weighted by molar-refractivity contribution is 9.11. The van der Waals surface area contributed by atoms with Crippen molar-refractivity contribution < 1.29 is 14.3 Å². The molecule has 10 heteroatoms. The number of hydrogen-bond donors (Lipinski definition) is 3. The van der Waals surface area contributed by atoms with Crippen molar-refractivity contribution in [3.05, 3.63) is 36.8 Å². The van der Waals surface area contributed by atoms with Crippen LogP contribution < -0.4 is 16.2 Å². The molecule has 0 atom stereocenters. The van der Waals surface area contributed by atoms with E-state index in [1.807, 2.05) is 0 Å². The second kappa shape index (κ2) is 7.81. The Morgan fingerprint density at radius 3 is 2.72 bits per heavy atom. The van der Waals surface area contributed by atoms with E-state index in [4.69, 9.17) is 17.0 Å². The molecule has 0 aliphatic heterocycles. The minimum Gasteiger partial charge on any atom is -0.465 e. The van der Waals surface area contributed by atoms with Crippen LogP contribution in [-0.2, 0) is 17.6 Å². The number of halogens is 1. The highest BCUT2D eigenvalue weighted by Crippen LogP contribution is 2.39. The van der Waals surface area contributed by atoms with Gasteiger partial charge in [-0.25, -0.2) is 4.79 Å². The van der Waals surface area contributed by atoms with Crippen molar-refractivity contribution in [3.8, 4) is 0 Å². The lowest BCUT2D eigenvalue weighted by Gasteiger charge is -2.11. The van der Waals surface area contributed by atoms with Crippen LogP contribution >= 0.6 is 50.8 Å². The van der Waals surface area contributed by atoms with Crippen LogP contribution in [0.3, 0.4) is 0 Å². The first-order chi connectivity index (χ1) is 12.0. The third kappa shape index (κ3) is 4.02. The lowest BCUT2D eigenvalue weighted by atomic mass is 10.1. The third-order valence-electron chi connectivity index (χ3n) is 3.62. The van der Waals surface area contributed by atoms with Gasteiger partial charge in [0.05, 0.1) is 21.3 Å². The molecule has 25 heavy (non-hydrogen) atoms. The number of esters is 1. The SMILES string of the molecule is COC(=O)c1c(NC(=S)NNC(=O)c2ccc(Br)s2)sc2c1CCC2. The Morgan fingerprint density at radius 2 is 2.04 bits per heavy atom. The number of fused-ring (bicyclic) bond motifs is 1. The molecule has 132 valence electrons. The fraction of sp³-hybridized carbons (Fsp3) is 0.267. The molecule has 2 aromatic rings. The van der Waals surface area contributed by atoms with Crippen LogP contribution in [0.4, 0.5) is 5.00 Å². The molecule has 6 nitrogen and oxygen atoms in total. The van der Waals surface area contributed by atoms with Gasteiger partial charge < -0.3 is 10.1 Å². The fourth-order valence-corrected chi connectivity index (χ4v) is 5.34. The van der Waals surface area contributed by atoms with Crippen LogP contribution in [0.2, 0.25) is 0 Å². The number of hydrogen-bond acceptors (Lipinski definition) is 6. The number of ether oxygens (including phenoxy) is 1. The van der Waals surface area contributed by atoms with Crippen LogP contribution in [0.15, 0.2) is 15.9 Å². The summed E-state index contributed by atoms with van der Waals surface area (Å²) in [7, 11) is 1.36. The molecular weight excluding hydrogens is 446 g/mol. The summed E-state index contributed by atoms with van der Waals surface area (Å²) in [6, 6.07) is 3.51. The van der Waals surface area contributed by atoms with Crippen LogP contribution in [0.5, 0.6) is 0 Å². The van der Waals surface area contributed by atoms with E-state index in [-0.39, 0.29) is 17.0 Å². The van der Waals surface area contributed by atoms with Gasteiger partial charge in [-0.15, -0.1) is 22.7 Å². The molecule has 1 amide bonds. The second-order valence-electron chi connectivity index (χ2n) is 5.19. The largest absolute Gasteiger partial charge is 0.465 e. The second-order valence-corrected chi connectivity index (χ2v) is 9.17. The Hall–Kier alpha value is -1.49. The lowest BCUT2D eigenvalue weighted by molar-refractivity contribution is 0.0601. The molecule has 1 aliphatic rings. The Bertz CT molecular complexity index is 846. The predicted molar refractivity (Wildman–Crippen MR) is 107 cm³/mol. The van der Waals surface area contributed by atoms with E-state index < -0.39 is 0 Å². The highest BCUT2D eigenvalue weighted by atomic mass is 79.9. The maximum absolute atomic E-state index is 12.1. The molecule has 0 fully saturated rings. The minimum absolute atomic E-state index is 0.203. The number of nitrogens with one attached hydrogen (secondary N) is 3. The number of carbonyl (C=O) groups is 2. The van der Waals surface area contributed by atoms with E-state index in [9.17, 15) is 9.59 Å². The smallest absolute Gasteiger partial charge is 0.341 e. The Kier molecular flexibility index (Phi) is 5.72. The van der Waals surface area contributed by atoms with Crippen LogP contribution in [0.1, 0.15) is 36.9 Å². The number of hydrazine groups is 1. The summed E-state index contributed by atoms with van der Waals surface area (Å²) in [5.74, 6) is -0.668. The third-order valence-corrected chi connectivity index (χ3v) is 6.66. The van der Waals surface area contributed by atoms with Crippen molar-refractivity contribution in [1.29, 1.82) is 0 Å². The van der Waals surface area contributed by atoms with E-state index in [0.717, 1.165) is 28.6 Å². The van der Waals surface area contributed by atoms with Gasteiger partial charge in [0.2, 0.25) is 0 Å². The molecule has 1 aliphatic carbocycles. The molecular formula is C15H14BrN3O3S3. The highest BCUT2D eigenvalue weighted by Gasteiger charge is 2.27. The first-order valence-corrected chi connectivity index (χ1v) is 10.2. The summed E-state index contributed by atoms with van der Waals surface area (Å²) < 4.78 is 5.76. The van der Waals surface area contributed by atoms with E-state index in [2.05, 4.69) is 32.1 Å². The number of aryl methyl sites for hydroxylation is 1. The Balaban J connectivity index is 1.65. The number of rotatable bonds is 3. The fourth-order valence-electron chi connectivity index (χ4n) is 2.56. The van der Waals surface area contributed by atoms with Crippen LogP contribution in [0, 0.1) is 0 Å². The monoisotopic (exact) mass is 459 g/mol. The number of methoxy groups -OCH3 is 1. The molecule has 2 aromatic heterocycles. The average molecular weight is 460 g/mol. The minimum atomic E-state index is -0.378. The van der Waals surface area contributed by atoms with Gasteiger partial charge in [-0.2, -0.15) is 0 Å². The van der Waals surface area contributed by atoms with Gasteiger partial charge in [0.25, 0.3) is 5.91 Å². The van der Waals surface area contributed by atoms with Gasteiger partial charge in [-0.05, 0) is 65.1 Å². The molecule has 0 aromatic carbocycles. The number of carbonyl (C=O) groups excluding carboxylic acids is 2. The van der Waals surface area contributed by atoms with Gasteiger partial charge in [-0.3, -0.25) is 15.6 Å². The summed E-state index contributed by atoms with van der Waals surface area (Å²) in [6.45, 7) is 0. The molecule has 0 spiro atoms. The lowest BCUT2D eigenvalue weighted by Crippen LogP contribution is -2.43. The summed E-state index contributed by atoms with van der Waals surface area (Å²) in [4.78, 5) is 25.8. The summed E-state index contributed by atoms with van der Waals surface area (Å²) in [5, 5.41) is 3.83. The van der Waals surface area contributed by atoms with E-state index in [0.29, 0.717) is 15.4 Å². The van der Waals surface area contributed by atoms with Crippen LogP contribution in [-0.4, -0.2) is 24.1 Å². The van der Waals surface area contributed by atoms with Crippen molar-refractivity contribution in [2.75, 3.05) is 12.4 Å². The number of amides is 1. The van der Waals surface area contributed by atoms with Crippen LogP contribution in [0.25, 0.3) is 0 Å². The van der Waals surface area contributed by atoms with Crippen molar-refractivity contribution in [1.82, 2.24) is 10.9 Å². The van der Waals surface area contributed by atoms with E-state index in [1.54, 1.807) is 12.1 Å². The average Bonchev–Trinajstić information content (AvgIpc) is 3.27. The number of anilines is 1. The number of thiocarbonyl (C=S) groups is 1.